The van der Waals surface area contributed by atoms with Crippen molar-refractivity contribution >= 4 is 33.4 Å². The largest absolute Gasteiger partial charge is 0.287 e. The number of hydrogen-bond acceptors (Lipinski definition) is 11. The minimum absolute atomic E-state index is 0.0377. The third kappa shape index (κ3) is 3.20. The third-order valence-corrected chi connectivity index (χ3v) is 4.35. The summed E-state index contributed by atoms with van der Waals surface area (Å²) in [4.78, 5) is 32.5. The summed E-state index contributed by atoms with van der Waals surface area (Å²) < 4.78 is 5.70. The Hall–Kier alpha value is -3.80. The van der Waals surface area contributed by atoms with E-state index in [1.54, 1.807) is 25.5 Å². The molecule has 0 aliphatic heterocycles. The highest BCUT2D eigenvalue weighted by Crippen LogP contribution is 2.24. The van der Waals surface area contributed by atoms with Gasteiger partial charge in [-0.15, -0.1) is 0 Å². The standard InChI is InChI=1S/C15H11N9O2S/c1-24-11(4-5-18-24)20-21-13-10(25)3-2-8(14(13)26)19-22-15-12-9(23-27-15)6-16-7-17-12/h2-7,20,22H,1H3/b19-8+,21-13+. The number of aryl methyl sites for hydroxylation is 1. The molecule has 134 valence electrons. The fourth-order valence-electron chi connectivity index (χ4n) is 2.22. The average molecular weight is 381 g/mol. The molecule has 0 saturated heterocycles. The summed E-state index contributed by atoms with van der Waals surface area (Å²) in [7, 11) is 1.70. The first-order valence-electron chi connectivity index (χ1n) is 7.61. The monoisotopic (exact) mass is 381 g/mol. The second-order valence-corrected chi connectivity index (χ2v) is 6.09. The summed E-state index contributed by atoms with van der Waals surface area (Å²) in [5.74, 6) is 0.532. The fourth-order valence-corrected chi connectivity index (χ4v) is 2.87. The van der Waals surface area contributed by atoms with E-state index < -0.39 is 10.9 Å². The molecule has 2 N–H and O–H groups in total. The van der Waals surface area contributed by atoms with E-state index in [2.05, 4.69) is 40.5 Å². The summed E-state index contributed by atoms with van der Waals surface area (Å²) >= 11 is 1.14. The van der Waals surface area contributed by atoms with Crippen molar-refractivity contribution in [1.29, 1.82) is 0 Å². The minimum atomic E-state index is -0.604. The summed E-state index contributed by atoms with van der Waals surface area (Å²) in [6.07, 6.45) is 4.54. The van der Waals surface area contributed by atoms with E-state index in [1.165, 1.54) is 23.1 Å². The van der Waals surface area contributed by atoms with Gasteiger partial charge in [-0.3, -0.25) is 25.1 Å². The first-order chi connectivity index (χ1) is 13.1. The van der Waals surface area contributed by atoms with Crippen LogP contribution in [0.1, 0.15) is 0 Å². The van der Waals surface area contributed by atoms with Gasteiger partial charge in [0, 0.05) is 13.1 Å². The van der Waals surface area contributed by atoms with Crippen molar-refractivity contribution in [3.05, 3.63) is 68.1 Å². The molecule has 0 aliphatic carbocycles. The van der Waals surface area contributed by atoms with Crippen molar-refractivity contribution in [2.24, 2.45) is 17.3 Å². The second kappa shape index (κ2) is 6.84. The molecule has 12 heteroatoms. The molecule has 0 bridgehead atoms. The van der Waals surface area contributed by atoms with E-state index in [-0.39, 0.29) is 10.7 Å². The van der Waals surface area contributed by atoms with Crippen molar-refractivity contribution in [1.82, 2.24) is 24.1 Å². The van der Waals surface area contributed by atoms with Crippen LogP contribution < -0.4 is 32.4 Å². The van der Waals surface area contributed by atoms with Gasteiger partial charge in [-0.05, 0) is 23.7 Å². The Morgan fingerprint density at radius 2 is 2.04 bits per heavy atom. The van der Waals surface area contributed by atoms with Gasteiger partial charge in [0.2, 0.25) is 10.9 Å². The van der Waals surface area contributed by atoms with Gasteiger partial charge in [0.25, 0.3) is 0 Å². The molecule has 11 nitrogen and oxygen atoms in total. The van der Waals surface area contributed by atoms with Gasteiger partial charge in [-0.25, -0.2) is 9.97 Å². The maximum Gasteiger partial charge on any atom is 0.237 e. The van der Waals surface area contributed by atoms with Gasteiger partial charge < -0.3 is 0 Å². The van der Waals surface area contributed by atoms with Crippen molar-refractivity contribution in [2.45, 2.75) is 0 Å². The molecule has 3 aromatic heterocycles. The molecule has 0 unspecified atom stereocenters. The molecule has 4 aromatic rings. The molecule has 1 aromatic carbocycles. The highest BCUT2D eigenvalue weighted by Gasteiger charge is 2.07. The Morgan fingerprint density at radius 3 is 2.85 bits per heavy atom. The van der Waals surface area contributed by atoms with Crippen LogP contribution in [0.25, 0.3) is 11.0 Å². The summed E-state index contributed by atoms with van der Waals surface area (Å²) in [6, 6.07) is 4.22. The fraction of sp³-hybridized carbons (Fsp3) is 0.0667. The van der Waals surface area contributed by atoms with Crippen LogP contribution in [0.3, 0.4) is 0 Å². The topological polar surface area (TPSA) is 139 Å². The highest BCUT2D eigenvalue weighted by atomic mass is 32.1. The maximum atomic E-state index is 12.5. The van der Waals surface area contributed by atoms with Crippen LogP contribution >= 0.6 is 11.5 Å². The van der Waals surface area contributed by atoms with Crippen LogP contribution in [0.5, 0.6) is 0 Å². The zero-order chi connectivity index (χ0) is 18.8. The molecule has 0 atom stereocenters. The quantitative estimate of drug-likeness (QED) is 0.441. The number of nitrogens with zero attached hydrogens (tertiary/aromatic N) is 7. The molecule has 0 radical (unpaired) electrons. The summed E-state index contributed by atoms with van der Waals surface area (Å²) in [6.45, 7) is 0. The lowest BCUT2D eigenvalue weighted by molar-refractivity contribution is 0.770. The molecule has 0 spiro atoms. The molecule has 0 amide bonds. The zero-order valence-corrected chi connectivity index (χ0v) is 14.6. The summed E-state index contributed by atoms with van der Waals surface area (Å²) in [5, 5.41) is 12.3. The molecule has 4 rings (SSSR count). The van der Waals surface area contributed by atoms with Crippen LogP contribution in [0.15, 0.2) is 56.7 Å². The number of nitrogens with one attached hydrogen (secondary N) is 2. The Labute approximate surface area is 154 Å². The maximum absolute atomic E-state index is 12.5. The minimum Gasteiger partial charge on any atom is -0.287 e. The highest BCUT2D eigenvalue weighted by molar-refractivity contribution is 7.11. The molecule has 0 fully saturated rings. The summed E-state index contributed by atoms with van der Waals surface area (Å²) in [5.41, 5.74) is 5.51. The first kappa shape index (κ1) is 16.7. The van der Waals surface area contributed by atoms with Crippen LogP contribution in [0.2, 0.25) is 0 Å². The lowest BCUT2D eigenvalue weighted by atomic mass is 10.3. The van der Waals surface area contributed by atoms with Crippen molar-refractivity contribution in [3.8, 4) is 0 Å². The van der Waals surface area contributed by atoms with Gasteiger partial charge in [-0.1, -0.05) is 0 Å². The van der Waals surface area contributed by atoms with E-state index in [0.29, 0.717) is 21.9 Å². The van der Waals surface area contributed by atoms with Crippen LogP contribution in [-0.4, -0.2) is 24.1 Å². The van der Waals surface area contributed by atoms with Gasteiger partial charge >= 0.3 is 0 Å². The molecule has 3 heterocycles. The number of hydrogen-bond donors (Lipinski definition) is 2. The average Bonchev–Trinajstić information content (AvgIpc) is 3.27. The Morgan fingerprint density at radius 1 is 1.15 bits per heavy atom. The predicted octanol–water partition coefficient (Wildman–Crippen LogP) is -0.729. The molecular weight excluding hydrogens is 370 g/mol. The third-order valence-electron chi connectivity index (χ3n) is 3.60. The molecular formula is C15H11N9O2S. The number of rotatable bonds is 4. The van der Waals surface area contributed by atoms with Crippen LogP contribution in [0, 0.1) is 0 Å². The number of fused-ring (bicyclic) bond motifs is 1. The lowest BCUT2D eigenvalue weighted by Gasteiger charge is -1.98. The van der Waals surface area contributed by atoms with Crippen molar-refractivity contribution in [3.63, 3.8) is 0 Å². The van der Waals surface area contributed by atoms with E-state index in [1.807, 2.05) is 0 Å². The van der Waals surface area contributed by atoms with Gasteiger partial charge in [0.05, 0.1) is 12.4 Å². The van der Waals surface area contributed by atoms with Gasteiger partial charge in [0.15, 0.2) is 10.4 Å². The van der Waals surface area contributed by atoms with Crippen molar-refractivity contribution in [2.75, 3.05) is 10.9 Å². The molecule has 0 saturated carbocycles. The SMILES string of the molecule is Cn1nccc1N/N=c1\c(=O)cc/c(=N\Nc2snc3cncnc23)c1=O. The smallest absolute Gasteiger partial charge is 0.237 e. The van der Waals surface area contributed by atoms with Crippen LogP contribution in [-0.2, 0) is 7.05 Å². The molecule has 0 aliphatic rings. The first-order valence-corrected chi connectivity index (χ1v) is 8.38. The normalized spacial score (nSPS) is 12.6. The Kier molecular flexibility index (Phi) is 4.22. The van der Waals surface area contributed by atoms with E-state index in [9.17, 15) is 9.59 Å². The van der Waals surface area contributed by atoms with Gasteiger partial charge in [-0.2, -0.15) is 19.7 Å². The Bertz CT molecular complexity index is 1350. The van der Waals surface area contributed by atoms with E-state index in [0.717, 1.165) is 11.5 Å². The molecule has 27 heavy (non-hydrogen) atoms. The van der Waals surface area contributed by atoms with E-state index >= 15 is 0 Å². The van der Waals surface area contributed by atoms with E-state index in [4.69, 9.17) is 0 Å². The number of benzene rings is 1. The number of aromatic nitrogens is 5. The zero-order valence-electron chi connectivity index (χ0n) is 13.8. The predicted molar refractivity (Wildman–Crippen MR) is 98.1 cm³/mol. The Balaban J connectivity index is 1.72. The van der Waals surface area contributed by atoms with Crippen molar-refractivity contribution < 1.29 is 0 Å². The number of anilines is 2. The van der Waals surface area contributed by atoms with Gasteiger partial charge in [0.1, 0.15) is 28.5 Å². The van der Waals surface area contributed by atoms with Crippen LogP contribution in [0.4, 0.5) is 10.8 Å². The second-order valence-electron chi connectivity index (χ2n) is 5.32. The lowest BCUT2D eigenvalue weighted by Crippen LogP contribution is -2.48.